The fourth-order valence-electron chi connectivity index (χ4n) is 3.38. The Labute approximate surface area is 123 Å². The number of hydrogen-bond donors (Lipinski definition) is 1. The van der Waals surface area contributed by atoms with Gasteiger partial charge in [-0.2, -0.15) is 0 Å². The number of ether oxygens (including phenoxy) is 1. The first-order valence-corrected chi connectivity index (χ1v) is 8.17. The van der Waals surface area contributed by atoms with Crippen LogP contribution in [-0.4, -0.2) is 49.2 Å². The van der Waals surface area contributed by atoms with Gasteiger partial charge in [0.15, 0.2) is 0 Å². The zero-order valence-electron chi connectivity index (χ0n) is 13.3. The van der Waals surface area contributed by atoms with Crippen LogP contribution in [0.1, 0.15) is 52.4 Å². The summed E-state index contributed by atoms with van der Waals surface area (Å²) in [6.07, 6.45) is 7.79. The topological polar surface area (TPSA) is 41.6 Å². The van der Waals surface area contributed by atoms with E-state index in [1.807, 2.05) is 13.8 Å². The first-order chi connectivity index (χ1) is 9.53. The molecule has 0 saturated heterocycles. The molecule has 2 aliphatic carbocycles. The molecule has 4 heteroatoms. The van der Waals surface area contributed by atoms with Crippen molar-refractivity contribution >= 4 is 5.97 Å². The minimum absolute atomic E-state index is 0.106. The molecule has 1 unspecified atom stereocenters. The van der Waals surface area contributed by atoms with Gasteiger partial charge in [0.05, 0.1) is 6.61 Å². The summed E-state index contributed by atoms with van der Waals surface area (Å²) in [7, 11) is 2.13. The molecule has 2 fully saturated rings. The molecule has 116 valence electrons. The van der Waals surface area contributed by atoms with Gasteiger partial charge in [0.2, 0.25) is 0 Å². The standard InChI is InChI=1S/C16H30N2O2/c1-4-20-15(19)16(2,17-14-9-10-14)12-18(3)11-13-7-5-6-8-13/h13-14,17H,4-12H2,1-3H3. The largest absolute Gasteiger partial charge is 0.465 e. The molecule has 0 aromatic rings. The molecule has 2 saturated carbocycles. The van der Waals surface area contributed by atoms with E-state index in [9.17, 15) is 4.79 Å². The van der Waals surface area contributed by atoms with Crippen LogP contribution in [0.15, 0.2) is 0 Å². The lowest BCUT2D eigenvalue weighted by Crippen LogP contribution is -2.58. The van der Waals surface area contributed by atoms with Gasteiger partial charge in [-0.25, -0.2) is 0 Å². The van der Waals surface area contributed by atoms with Crippen molar-refractivity contribution in [2.75, 3.05) is 26.7 Å². The lowest BCUT2D eigenvalue weighted by Gasteiger charge is -2.33. The number of esters is 1. The molecule has 1 atom stereocenters. The number of nitrogens with one attached hydrogen (secondary N) is 1. The summed E-state index contributed by atoms with van der Waals surface area (Å²) in [5.74, 6) is 0.706. The van der Waals surface area contributed by atoms with Crippen molar-refractivity contribution in [3.05, 3.63) is 0 Å². The molecular formula is C16H30N2O2. The van der Waals surface area contributed by atoms with E-state index >= 15 is 0 Å². The highest BCUT2D eigenvalue weighted by Gasteiger charge is 2.40. The Morgan fingerprint density at radius 2 is 1.95 bits per heavy atom. The van der Waals surface area contributed by atoms with E-state index in [0.29, 0.717) is 12.6 Å². The van der Waals surface area contributed by atoms with Crippen LogP contribution in [0.25, 0.3) is 0 Å². The molecule has 0 aromatic carbocycles. The smallest absolute Gasteiger partial charge is 0.327 e. The number of nitrogens with zero attached hydrogens (tertiary/aromatic N) is 1. The van der Waals surface area contributed by atoms with E-state index in [2.05, 4.69) is 17.3 Å². The van der Waals surface area contributed by atoms with Crippen molar-refractivity contribution in [2.24, 2.45) is 5.92 Å². The van der Waals surface area contributed by atoms with Crippen molar-refractivity contribution in [3.8, 4) is 0 Å². The summed E-state index contributed by atoms with van der Waals surface area (Å²) in [5, 5.41) is 3.49. The zero-order valence-corrected chi connectivity index (χ0v) is 13.3. The minimum Gasteiger partial charge on any atom is -0.465 e. The summed E-state index contributed by atoms with van der Waals surface area (Å²) < 4.78 is 5.28. The van der Waals surface area contributed by atoms with Crippen molar-refractivity contribution < 1.29 is 9.53 Å². The number of likely N-dealkylation sites (N-methyl/N-ethyl adjacent to an activating group) is 1. The summed E-state index contributed by atoms with van der Waals surface area (Å²) in [5.41, 5.74) is -0.565. The lowest BCUT2D eigenvalue weighted by molar-refractivity contribution is -0.151. The van der Waals surface area contributed by atoms with Gasteiger partial charge in [0, 0.05) is 19.1 Å². The van der Waals surface area contributed by atoms with Gasteiger partial charge < -0.3 is 9.64 Å². The SMILES string of the molecule is CCOC(=O)C(C)(CN(C)CC1CCCC1)NC1CC1. The molecule has 20 heavy (non-hydrogen) atoms. The van der Waals surface area contributed by atoms with E-state index in [1.165, 1.54) is 38.5 Å². The average molecular weight is 282 g/mol. The molecule has 0 radical (unpaired) electrons. The summed E-state index contributed by atoms with van der Waals surface area (Å²) >= 11 is 0. The van der Waals surface area contributed by atoms with Crippen LogP contribution >= 0.6 is 0 Å². The second-order valence-corrected chi connectivity index (χ2v) is 6.82. The third kappa shape index (κ3) is 4.45. The number of carbonyl (C=O) groups excluding carboxylic acids is 1. The van der Waals surface area contributed by atoms with Gasteiger partial charge in [0.1, 0.15) is 5.54 Å². The predicted octanol–water partition coefficient (Wildman–Crippen LogP) is 2.18. The van der Waals surface area contributed by atoms with Gasteiger partial charge in [-0.15, -0.1) is 0 Å². The lowest BCUT2D eigenvalue weighted by atomic mass is 10.00. The maximum Gasteiger partial charge on any atom is 0.327 e. The maximum atomic E-state index is 12.3. The second-order valence-electron chi connectivity index (χ2n) is 6.82. The summed E-state index contributed by atoms with van der Waals surface area (Å²) in [4.78, 5) is 14.6. The quantitative estimate of drug-likeness (QED) is 0.693. The van der Waals surface area contributed by atoms with E-state index in [-0.39, 0.29) is 5.97 Å². The molecule has 0 aliphatic heterocycles. The van der Waals surface area contributed by atoms with Gasteiger partial charge in [-0.3, -0.25) is 10.1 Å². The first kappa shape index (κ1) is 15.8. The number of rotatable bonds is 8. The molecule has 0 bridgehead atoms. The molecule has 2 aliphatic rings. The summed E-state index contributed by atoms with van der Waals surface area (Å²) in [6, 6.07) is 0.504. The monoisotopic (exact) mass is 282 g/mol. The van der Waals surface area contributed by atoms with E-state index in [4.69, 9.17) is 4.74 Å². The highest BCUT2D eigenvalue weighted by atomic mass is 16.5. The first-order valence-electron chi connectivity index (χ1n) is 8.17. The molecule has 0 heterocycles. The van der Waals surface area contributed by atoms with Crippen LogP contribution in [0.5, 0.6) is 0 Å². The van der Waals surface area contributed by atoms with Crippen molar-refractivity contribution in [1.82, 2.24) is 10.2 Å². The molecule has 1 N–H and O–H groups in total. The summed E-state index contributed by atoms with van der Waals surface area (Å²) in [6.45, 7) is 6.15. The fraction of sp³-hybridized carbons (Fsp3) is 0.938. The Hall–Kier alpha value is -0.610. The molecule has 2 rings (SSSR count). The maximum absolute atomic E-state index is 12.3. The van der Waals surface area contributed by atoms with E-state index < -0.39 is 5.54 Å². The molecule has 4 nitrogen and oxygen atoms in total. The van der Waals surface area contributed by atoms with Gasteiger partial charge >= 0.3 is 5.97 Å². The van der Waals surface area contributed by atoms with Crippen LogP contribution in [0.3, 0.4) is 0 Å². The normalized spacial score (nSPS) is 23.0. The predicted molar refractivity (Wildman–Crippen MR) is 80.7 cm³/mol. The number of carbonyl (C=O) groups is 1. The second kappa shape index (κ2) is 6.90. The van der Waals surface area contributed by atoms with Gasteiger partial charge in [-0.05, 0) is 52.5 Å². The Morgan fingerprint density at radius 1 is 1.30 bits per heavy atom. The van der Waals surface area contributed by atoms with Crippen LogP contribution in [0.4, 0.5) is 0 Å². The Balaban J connectivity index is 1.89. The minimum atomic E-state index is -0.565. The van der Waals surface area contributed by atoms with Crippen LogP contribution in [0, 0.1) is 5.92 Å². The highest BCUT2D eigenvalue weighted by molar-refractivity contribution is 5.80. The highest BCUT2D eigenvalue weighted by Crippen LogP contribution is 2.27. The number of hydrogen-bond acceptors (Lipinski definition) is 4. The van der Waals surface area contributed by atoms with Crippen LogP contribution < -0.4 is 5.32 Å². The fourth-order valence-corrected chi connectivity index (χ4v) is 3.38. The zero-order chi connectivity index (χ0) is 14.6. The van der Waals surface area contributed by atoms with Crippen LogP contribution in [0.2, 0.25) is 0 Å². The molecule has 0 spiro atoms. The van der Waals surface area contributed by atoms with Gasteiger partial charge in [0.25, 0.3) is 0 Å². The van der Waals surface area contributed by atoms with E-state index in [0.717, 1.165) is 19.0 Å². The molecular weight excluding hydrogens is 252 g/mol. The van der Waals surface area contributed by atoms with Crippen LogP contribution in [-0.2, 0) is 9.53 Å². The molecule has 0 aromatic heterocycles. The third-order valence-corrected chi connectivity index (χ3v) is 4.46. The Kier molecular flexibility index (Phi) is 5.44. The third-order valence-electron chi connectivity index (χ3n) is 4.46. The van der Waals surface area contributed by atoms with Crippen molar-refractivity contribution in [3.63, 3.8) is 0 Å². The van der Waals surface area contributed by atoms with Crippen molar-refractivity contribution in [1.29, 1.82) is 0 Å². The Morgan fingerprint density at radius 3 is 2.50 bits per heavy atom. The van der Waals surface area contributed by atoms with Gasteiger partial charge in [-0.1, -0.05) is 12.8 Å². The average Bonchev–Trinajstić information content (AvgIpc) is 3.03. The van der Waals surface area contributed by atoms with Crippen molar-refractivity contribution in [2.45, 2.75) is 64.0 Å². The Bertz CT molecular complexity index is 324. The van der Waals surface area contributed by atoms with E-state index in [1.54, 1.807) is 0 Å². The molecule has 0 amide bonds.